The summed E-state index contributed by atoms with van der Waals surface area (Å²) >= 11 is 0. The van der Waals surface area contributed by atoms with Crippen molar-refractivity contribution in [2.45, 2.75) is 26.8 Å². The number of aromatic nitrogens is 2. The van der Waals surface area contributed by atoms with Crippen LogP contribution in [0.15, 0.2) is 6.20 Å². The lowest BCUT2D eigenvalue weighted by Crippen LogP contribution is -2.09. The Morgan fingerprint density at radius 3 is 2.93 bits per heavy atom. The van der Waals surface area contributed by atoms with E-state index in [1.54, 1.807) is 13.3 Å². The molecule has 0 N–H and O–H groups in total. The highest BCUT2D eigenvalue weighted by atomic mass is 16.5. The molecule has 1 unspecified atom stereocenters. The Labute approximate surface area is 83.9 Å². The molecule has 1 rings (SSSR count). The van der Waals surface area contributed by atoms with Gasteiger partial charge in [0.1, 0.15) is 6.29 Å². The molecule has 1 heterocycles. The first-order valence-electron chi connectivity index (χ1n) is 4.76. The number of hydrogen-bond acceptors (Lipinski definition) is 3. The highest BCUT2D eigenvalue weighted by Gasteiger charge is 2.13. The van der Waals surface area contributed by atoms with E-state index >= 15 is 0 Å². The van der Waals surface area contributed by atoms with Crippen molar-refractivity contribution >= 4 is 6.29 Å². The summed E-state index contributed by atoms with van der Waals surface area (Å²) in [5.41, 5.74) is 0.995. The van der Waals surface area contributed by atoms with Crippen molar-refractivity contribution in [2.75, 3.05) is 7.11 Å². The molecule has 0 spiro atoms. The molecule has 0 aromatic carbocycles. The summed E-state index contributed by atoms with van der Waals surface area (Å²) in [7, 11) is 1.62. The Hall–Kier alpha value is -1.32. The van der Waals surface area contributed by atoms with Gasteiger partial charge in [-0.1, -0.05) is 6.92 Å². The summed E-state index contributed by atoms with van der Waals surface area (Å²) < 4.78 is 7.03. The van der Waals surface area contributed by atoms with Gasteiger partial charge in [0.15, 0.2) is 5.75 Å². The molecular formula is C10H16N2O2. The van der Waals surface area contributed by atoms with Crippen LogP contribution >= 0.6 is 0 Å². The van der Waals surface area contributed by atoms with E-state index in [2.05, 4.69) is 5.10 Å². The number of hydrogen-bond donors (Lipinski definition) is 0. The number of ether oxygens (including phenoxy) is 1. The average molecular weight is 196 g/mol. The third-order valence-corrected chi connectivity index (χ3v) is 2.18. The van der Waals surface area contributed by atoms with Crippen LogP contribution in [0.3, 0.4) is 0 Å². The summed E-state index contributed by atoms with van der Waals surface area (Å²) in [6, 6.07) is 0. The van der Waals surface area contributed by atoms with Crippen LogP contribution in [0.25, 0.3) is 0 Å². The predicted octanol–water partition coefficient (Wildman–Crippen LogP) is 1.29. The fraction of sp³-hybridized carbons (Fsp3) is 0.600. The predicted molar refractivity (Wildman–Crippen MR) is 53.4 cm³/mol. The molecule has 0 radical (unpaired) electrons. The van der Waals surface area contributed by atoms with Crippen LogP contribution in [0.4, 0.5) is 0 Å². The Morgan fingerprint density at radius 1 is 1.71 bits per heavy atom. The van der Waals surface area contributed by atoms with E-state index in [0.717, 1.165) is 24.3 Å². The van der Waals surface area contributed by atoms with E-state index in [0.29, 0.717) is 6.42 Å². The summed E-state index contributed by atoms with van der Waals surface area (Å²) in [5.74, 6) is 0.770. The third kappa shape index (κ3) is 2.13. The highest BCUT2D eigenvalue weighted by molar-refractivity contribution is 5.53. The third-order valence-electron chi connectivity index (χ3n) is 2.18. The van der Waals surface area contributed by atoms with Crippen molar-refractivity contribution in [1.82, 2.24) is 9.78 Å². The molecule has 4 nitrogen and oxygen atoms in total. The standard InChI is InChI=1S/C10H16N2O2/c1-4-12-9(5-8(2)7-13)10(14-3)6-11-12/h6-8H,4-5H2,1-3H3. The molecule has 0 fully saturated rings. The second kappa shape index (κ2) is 4.79. The molecule has 0 bridgehead atoms. The minimum atomic E-state index is 0.00546. The monoisotopic (exact) mass is 196 g/mol. The van der Waals surface area contributed by atoms with E-state index in [4.69, 9.17) is 4.74 Å². The summed E-state index contributed by atoms with van der Waals surface area (Å²) in [4.78, 5) is 10.6. The molecule has 0 saturated carbocycles. The Morgan fingerprint density at radius 2 is 2.43 bits per heavy atom. The fourth-order valence-corrected chi connectivity index (χ4v) is 1.40. The molecule has 0 aliphatic heterocycles. The number of carbonyl (C=O) groups is 1. The highest BCUT2D eigenvalue weighted by Crippen LogP contribution is 2.20. The van der Waals surface area contributed by atoms with Gasteiger partial charge in [-0.3, -0.25) is 4.68 Å². The van der Waals surface area contributed by atoms with E-state index < -0.39 is 0 Å². The van der Waals surface area contributed by atoms with Crippen LogP contribution in [0.2, 0.25) is 0 Å². The lowest BCUT2D eigenvalue weighted by atomic mass is 10.1. The molecule has 1 aromatic rings. The molecule has 78 valence electrons. The van der Waals surface area contributed by atoms with Crippen LogP contribution in [0.1, 0.15) is 19.5 Å². The zero-order chi connectivity index (χ0) is 10.6. The number of carbonyl (C=O) groups excluding carboxylic acids is 1. The maximum absolute atomic E-state index is 10.6. The minimum Gasteiger partial charge on any atom is -0.493 e. The number of rotatable bonds is 5. The Bertz CT molecular complexity index is 286. The van der Waals surface area contributed by atoms with Crippen LogP contribution in [-0.4, -0.2) is 23.2 Å². The summed E-state index contributed by atoms with van der Waals surface area (Å²) in [6.07, 6.45) is 3.32. The zero-order valence-electron chi connectivity index (χ0n) is 8.86. The molecule has 0 aliphatic rings. The van der Waals surface area contributed by atoms with Crippen molar-refractivity contribution in [1.29, 1.82) is 0 Å². The molecule has 14 heavy (non-hydrogen) atoms. The number of aryl methyl sites for hydroxylation is 1. The second-order valence-corrected chi connectivity index (χ2v) is 3.29. The molecule has 4 heteroatoms. The first kappa shape index (κ1) is 10.8. The van der Waals surface area contributed by atoms with E-state index in [9.17, 15) is 4.79 Å². The molecule has 0 amide bonds. The van der Waals surface area contributed by atoms with Gasteiger partial charge < -0.3 is 9.53 Å². The van der Waals surface area contributed by atoms with Crippen LogP contribution < -0.4 is 4.74 Å². The average Bonchev–Trinajstić information content (AvgIpc) is 2.60. The van der Waals surface area contributed by atoms with Gasteiger partial charge in [0, 0.05) is 18.9 Å². The zero-order valence-corrected chi connectivity index (χ0v) is 8.86. The largest absolute Gasteiger partial charge is 0.493 e. The van der Waals surface area contributed by atoms with Gasteiger partial charge in [0.25, 0.3) is 0 Å². The van der Waals surface area contributed by atoms with E-state index in [1.807, 2.05) is 18.5 Å². The van der Waals surface area contributed by atoms with Gasteiger partial charge in [-0.05, 0) is 6.92 Å². The van der Waals surface area contributed by atoms with Gasteiger partial charge in [0.2, 0.25) is 0 Å². The van der Waals surface area contributed by atoms with E-state index in [-0.39, 0.29) is 5.92 Å². The second-order valence-electron chi connectivity index (χ2n) is 3.29. The quantitative estimate of drug-likeness (QED) is 0.666. The van der Waals surface area contributed by atoms with Crippen LogP contribution in [-0.2, 0) is 17.8 Å². The van der Waals surface area contributed by atoms with Crippen LogP contribution in [0, 0.1) is 5.92 Å². The SMILES string of the molecule is CCn1ncc(OC)c1CC(C)C=O. The maximum atomic E-state index is 10.6. The van der Waals surface area contributed by atoms with Gasteiger partial charge in [0.05, 0.1) is 19.0 Å². The van der Waals surface area contributed by atoms with Crippen molar-refractivity contribution in [2.24, 2.45) is 5.92 Å². The van der Waals surface area contributed by atoms with Gasteiger partial charge >= 0.3 is 0 Å². The van der Waals surface area contributed by atoms with Crippen molar-refractivity contribution in [3.63, 3.8) is 0 Å². The Balaban J connectivity index is 2.90. The summed E-state index contributed by atoms with van der Waals surface area (Å²) in [5, 5.41) is 4.17. The fourth-order valence-electron chi connectivity index (χ4n) is 1.40. The number of nitrogens with zero attached hydrogens (tertiary/aromatic N) is 2. The molecule has 0 aliphatic carbocycles. The topological polar surface area (TPSA) is 44.1 Å². The van der Waals surface area contributed by atoms with Crippen LogP contribution in [0.5, 0.6) is 5.75 Å². The first-order valence-corrected chi connectivity index (χ1v) is 4.76. The normalized spacial score (nSPS) is 12.5. The van der Waals surface area contributed by atoms with E-state index in [1.165, 1.54) is 0 Å². The van der Waals surface area contributed by atoms with Gasteiger partial charge in [-0.2, -0.15) is 5.10 Å². The summed E-state index contributed by atoms with van der Waals surface area (Å²) in [6.45, 7) is 4.70. The minimum absolute atomic E-state index is 0.00546. The van der Waals surface area contributed by atoms with Gasteiger partial charge in [-0.25, -0.2) is 0 Å². The lowest BCUT2D eigenvalue weighted by molar-refractivity contribution is -0.110. The number of aldehydes is 1. The van der Waals surface area contributed by atoms with Gasteiger partial charge in [-0.15, -0.1) is 0 Å². The van der Waals surface area contributed by atoms with Crippen molar-refractivity contribution in [3.05, 3.63) is 11.9 Å². The smallest absolute Gasteiger partial charge is 0.159 e. The van der Waals surface area contributed by atoms with Crippen molar-refractivity contribution in [3.8, 4) is 5.75 Å². The molecule has 0 saturated heterocycles. The molecule has 1 aromatic heterocycles. The lowest BCUT2D eigenvalue weighted by Gasteiger charge is -2.08. The molecule has 1 atom stereocenters. The Kier molecular flexibility index (Phi) is 3.68. The molecular weight excluding hydrogens is 180 g/mol. The van der Waals surface area contributed by atoms with Crippen molar-refractivity contribution < 1.29 is 9.53 Å². The maximum Gasteiger partial charge on any atom is 0.159 e. The number of methoxy groups -OCH3 is 1. The first-order chi connectivity index (χ1) is 6.72.